The smallest absolute Gasteiger partial charge is 0.157 e. The van der Waals surface area contributed by atoms with Crippen molar-refractivity contribution in [1.82, 2.24) is 4.90 Å². The molecule has 0 bridgehead atoms. The molecular weight excluding hydrogens is 346 g/mol. The Morgan fingerprint density at radius 2 is 2.00 bits per heavy atom. The first kappa shape index (κ1) is 20.4. The fourth-order valence-electron chi connectivity index (χ4n) is 7.46. The van der Waals surface area contributed by atoms with E-state index in [4.69, 9.17) is 4.74 Å². The predicted octanol–water partition coefficient (Wildman–Crippen LogP) is 5.45. The van der Waals surface area contributed by atoms with E-state index < -0.39 is 0 Å². The second-order valence-electron chi connectivity index (χ2n) is 11.4. The number of allylic oxidation sites excluding steroid dienone is 2. The van der Waals surface area contributed by atoms with E-state index in [0.29, 0.717) is 29.3 Å². The number of hydrogen-bond donors (Lipinski definition) is 0. The summed E-state index contributed by atoms with van der Waals surface area (Å²) in [4.78, 5) is 14.6. The van der Waals surface area contributed by atoms with Crippen LogP contribution >= 0.6 is 0 Å². The van der Waals surface area contributed by atoms with Crippen LogP contribution in [0.15, 0.2) is 11.8 Å². The lowest BCUT2D eigenvalue weighted by atomic mass is 9.49. The summed E-state index contributed by atoms with van der Waals surface area (Å²) in [6.07, 6.45) is 10.5. The van der Waals surface area contributed by atoms with Crippen LogP contribution in [0, 0.1) is 34.5 Å². The van der Waals surface area contributed by atoms with E-state index in [1.54, 1.807) is 0 Å². The first-order chi connectivity index (χ1) is 13.2. The summed E-state index contributed by atoms with van der Waals surface area (Å²) < 4.78 is 6.39. The van der Waals surface area contributed by atoms with Gasteiger partial charge >= 0.3 is 0 Å². The van der Waals surface area contributed by atoms with Gasteiger partial charge in [-0.2, -0.15) is 0 Å². The number of likely N-dealkylation sites (tertiary alicyclic amines) is 1. The van der Waals surface area contributed by atoms with Gasteiger partial charge in [-0.05, 0) is 74.5 Å². The molecule has 0 aromatic rings. The van der Waals surface area contributed by atoms with E-state index in [9.17, 15) is 4.79 Å². The fraction of sp³-hybridized carbons (Fsp3) is 0.880. The minimum Gasteiger partial charge on any atom is -0.378 e. The van der Waals surface area contributed by atoms with Gasteiger partial charge < -0.3 is 9.64 Å². The molecule has 1 saturated heterocycles. The number of nitrogens with zero attached hydrogens (tertiary/aromatic N) is 1. The summed E-state index contributed by atoms with van der Waals surface area (Å²) in [6, 6.07) is 0.509. The van der Waals surface area contributed by atoms with E-state index in [-0.39, 0.29) is 5.41 Å². The largest absolute Gasteiger partial charge is 0.378 e. The Kier molecular flexibility index (Phi) is 5.22. The number of hydrogen-bond acceptors (Lipinski definition) is 3. The zero-order valence-electron chi connectivity index (χ0n) is 19.0. The monoisotopic (exact) mass is 387 g/mol. The molecule has 3 nitrogen and oxygen atoms in total. The molecule has 0 spiro atoms. The molecule has 0 N–H and O–H groups in total. The highest BCUT2D eigenvalue weighted by Gasteiger charge is 2.61. The van der Waals surface area contributed by atoms with E-state index in [2.05, 4.69) is 46.6 Å². The van der Waals surface area contributed by atoms with Gasteiger partial charge in [0.05, 0.1) is 6.10 Å². The average Bonchev–Trinajstić information content (AvgIpc) is 2.97. The Hall–Kier alpha value is -0.830. The van der Waals surface area contributed by atoms with Crippen molar-refractivity contribution in [1.29, 1.82) is 0 Å². The fourth-order valence-corrected chi connectivity index (χ4v) is 7.46. The van der Waals surface area contributed by atoms with E-state index >= 15 is 0 Å². The minimum absolute atomic E-state index is 0.178. The summed E-state index contributed by atoms with van der Waals surface area (Å²) in [5.41, 5.74) is 1.93. The maximum Gasteiger partial charge on any atom is 0.157 e. The van der Waals surface area contributed by atoms with Crippen LogP contribution in [-0.4, -0.2) is 36.5 Å². The van der Waals surface area contributed by atoms with E-state index in [1.165, 1.54) is 37.8 Å². The molecule has 3 heteroatoms. The van der Waals surface area contributed by atoms with Gasteiger partial charge in [-0.3, -0.25) is 4.79 Å². The molecule has 28 heavy (non-hydrogen) atoms. The van der Waals surface area contributed by atoms with Crippen LogP contribution < -0.4 is 0 Å². The zero-order chi connectivity index (χ0) is 20.3. The first-order valence-corrected chi connectivity index (χ1v) is 11.7. The molecule has 0 radical (unpaired) electrons. The molecule has 4 aliphatic rings. The Balaban J connectivity index is 1.58. The third-order valence-electron chi connectivity index (χ3n) is 9.25. The number of carbonyl (C=O) groups is 1. The highest BCUT2D eigenvalue weighted by Crippen LogP contribution is 2.65. The number of fused-ring (bicyclic) bond motifs is 5. The third-order valence-corrected chi connectivity index (χ3v) is 9.25. The topological polar surface area (TPSA) is 29.5 Å². The Labute approximate surface area is 172 Å². The van der Waals surface area contributed by atoms with Crippen molar-refractivity contribution < 1.29 is 9.53 Å². The maximum absolute atomic E-state index is 12.2. The summed E-state index contributed by atoms with van der Waals surface area (Å²) >= 11 is 0. The first-order valence-electron chi connectivity index (χ1n) is 11.7. The molecule has 0 amide bonds. The quantitative estimate of drug-likeness (QED) is 0.642. The Morgan fingerprint density at radius 3 is 2.71 bits per heavy atom. The van der Waals surface area contributed by atoms with Gasteiger partial charge in [-0.1, -0.05) is 27.7 Å². The van der Waals surface area contributed by atoms with Crippen molar-refractivity contribution in [2.24, 2.45) is 34.5 Å². The molecule has 3 fully saturated rings. The third kappa shape index (κ3) is 3.16. The zero-order valence-corrected chi connectivity index (χ0v) is 19.0. The van der Waals surface area contributed by atoms with Gasteiger partial charge in [0.2, 0.25) is 0 Å². The van der Waals surface area contributed by atoms with Gasteiger partial charge in [0.25, 0.3) is 0 Å². The summed E-state index contributed by atoms with van der Waals surface area (Å²) in [6.45, 7) is 12.9. The van der Waals surface area contributed by atoms with Crippen LogP contribution in [0.4, 0.5) is 0 Å². The number of rotatable bonds is 4. The van der Waals surface area contributed by atoms with Gasteiger partial charge in [0, 0.05) is 43.3 Å². The van der Waals surface area contributed by atoms with Crippen molar-refractivity contribution in [2.75, 3.05) is 13.7 Å². The van der Waals surface area contributed by atoms with Gasteiger partial charge in [0.1, 0.15) is 0 Å². The van der Waals surface area contributed by atoms with Gasteiger partial charge in [-0.25, -0.2) is 0 Å². The molecule has 0 aromatic carbocycles. The highest BCUT2D eigenvalue weighted by molar-refractivity contribution is 5.91. The number of piperidine rings is 1. The molecule has 1 heterocycles. The Morgan fingerprint density at radius 1 is 1.25 bits per heavy atom. The summed E-state index contributed by atoms with van der Waals surface area (Å²) in [5, 5.41) is 0. The highest BCUT2D eigenvalue weighted by atomic mass is 16.5. The second-order valence-corrected chi connectivity index (χ2v) is 11.4. The standard InChI is InChI=1S/C25H41NO2/c1-16(2)9-12-28-19-14-21-23-17(3)26(6)22-13-18(27)7-11-25(22,5)20(23)8-10-24(21,4)15-19/h13,16-17,19-21,23H,7-12,14-15H2,1-6H3/t17-,19+,20+,21+,23-,24-,25-/m1/s1. The van der Waals surface area contributed by atoms with Crippen molar-refractivity contribution in [3.8, 4) is 0 Å². The van der Waals surface area contributed by atoms with Crippen molar-refractivity contribution >= 4 is 5.78 Å². The predicted molar refractivity (Wildman–Crippen MR) is 114 cm³/mol. The lowest BCUT2D eigenvalue weighted by Gasteiger charge is -2.62. The normalized spacial score (nSPS) is 45.5. The number of carbonyl (C=O) groups excluding carboxylic acids is 1. The van der Waals surface area contributed by atoms with Crippen molar-refractivity contribution in [3.05, 3.63) is 11.8 Å². The molecule has 158 valence electrons. The average molecular weight is 388 g/mol. The molecule has 4 rings (SSSR count). The lowest BCUT2D eigenvalue weighted by Crippen LogP contribution is -2.60. The summed E-state index contributed by atoms with van der Waals surface area (Å²) in [5.74, 6) is 3.23. The molecule has 1 aliphatic heterocycles. The molecule has 3 aliphatic carbocycles. The molecule has 2 saturated carbocycles. The minimum atomic E-state index is 0.178. The van der Waals surface area contributed by atoms with E-state index in [0.717, 1.165) is 37.2 Å². The molecule has 0 aromatic heterocycles. The lowest BCUT2D eigenvalue weighted by molar-refractivity contribution is -0.121. The SMILES string of the molecule is CC(C)CCO[C@H]1C[C@H]2[C@@H]3[C@@H](C)N(C)C4=CC(=O)CC[C@]4(C)[C@H]3CC[C@]2(C)C1. The van der Waals surface area contributed by atoms with Gasteiger partial charge in [0.15, 0.2) is 5.78 Å². The number of ketones is 1. The Bertz CT molecular complexity index is 655. The van der Waals surface area contributed by atoms with Crippen LogP contribution in [0.25, 0.3) is 0 Å². The molecule has 0 unspecified atom stereocenters. The molecular formula is C25H41NO2. The molecule has 7 atom stereocenters. The van der Waals surface area contributed by atoms with Crippen LogP contribution in [0.1, 0.15) is 79.6 Å². The van der Waals surface area contributed by atoms with Gasteiger partial charge in [-0.15, -0.1) is 0 Å². The van der Waals surface area contributed by atoms with E-state index in [1.807, 2.05) is 6.08 Å². The number of ether oxygens (including phenoxy) is 1. The van der Waals surface area contributed by atoms with Crippen LogP contribution in [0.5, 0.6) is 0 Å². The van der Waals surface area contributed by atoms with Crippen molar-refractivity contribution in [2.45, 2.75) is 91.7 Å². The van der Waals surface area contributed by atoms with Crippen molar-refractivity contribution in [3.63, 3.8) is 0 Å². The maximum atomic E-state index is 12.2. The second kappa shape index (κ2) is 7.15. The summed E-state index contributed by atoms with van der Waals surface area (Å²) in [7, 11) is 2.24. The van der Waals surface area contributed by atoms with Crippen LogP contribution in [0.2, 0.25) is 0 Å². The van der Waals surface area contributed by atoms with Crippen LogP contribution in [-0.2, 0) is 9.53 Å². The van der Waals surface area contributed by atoms with Crippen LogP contribution in [0.3, 0.4) is 0 Å².